The summed E-state index contributed by atoms with van der Waals surface area (Å²) in [6, 6.07) is 109. The van der Waals surface area contributed by atoms with Crippen molar-refractivity contribution >= 4 is 60.9 Å². The molecule has 0 spiro atoms. The molecule has 0 N–H and O–H groups in total. The molecule has 0 bridgehead atoms. The zero-order chi connectivity index (χ0) is 79.5. The third-order valence-electron chi connectivity index (χ3n) is 28.3. The van der Waals surface area contributed by atoms with E-state index in [1.807, 2.05) is 0 Å². The molecule has 0 radical (unpaired) electrons. The highest BCUT2D eigenvalue weighted by atomic mass is 16.3. The average molecular weight is 1530 g/mol. The molecule has 4 aliphatic carbocycles. The predicted molar refractivity (Wildman–Crippen MR) is 495 cm³/mol. The second-order valence-corrected chi connectivity index (χ2v) is 36.1. The van der Waals surface area contributed by atoms with Crippen LogP contribution >= 0.6 is 0 Å². The molecular weight excluding hydrogens is 1420 g/mol. The quantitative estimate of drug-likeness (QED) is 0.0406. The molecule has 2 aromatic heterocycles. The van der Waals surface area contributed by atoms with E-state index in [1.165, 1.54) is 245 Å². The number of unbranched alkanes of at least 4 members (excludes halogenated alkanes) is 16. The summed E-state index contributed by atoms with van der Waals surface area (Å²) >= 11 is 0. The van der Waals surface area contributed by atoms with Crippen LogP contribution in [0.1, 0.15) is 275 Å². The second-order valence-electron chi connectivity index (χ2n) is 36.1. The van der Waals surface area contributed by atoms with Crippen molar-refractivity contribution in [2.45, 2.75) is 230 Å². The Bertz CT molecular complexity index is 6020. The first kappa shape index (κ1) is 76.2. The maximum Gasteiger partial charge on any atom is 0.144 e. The first-order valence-electron chi connectivity index (χ1n) is 45.2. The number of nitrogens with zero attached hydrogens (tertiary/aromatic N) is 1. The Kier molecular flexibility index (Phi) is 20.6. The minimum atomic E-state index is -0.782. The van der Waals surface area contributed by atoms with Gasteiger partial charge < -0.3 is 13.7 Å². The zero-order valence-corrected chi connectivity index (χ0v) is 70.3. The molecule has 0 saturated heterocycles. The Hall–Kier alpha value is -10.7. The number of benzene rings is 13. The van der Waals surface area contributed by atoms with Crippen LogP contribution in [0.5, 0.6) is 0 Å². The van der Waals surface area contributed by atoms with Crippen LogP contribution in [-0.2, 0) is 27.1 Å². The van der Waals surface area contributed by atoms with E-state index in [1.54, 1.807) is 16.7 Å². The maximum atomic E-state index is 7.75. The van der Waals surface area contributed by atoms with Crippen LogP contribution in [0.3, 0.4) is 0 Å². The van der Waals surface area contributed by atoms with Crippen molar-refractivity contribution in [3.63, 3.8) is 0 Å². The minimum absolute atomic E-state index is 0.0566. The monoisotopic (exact) mass is 1530 g/mol. The number of hydrogen-bond donors (Lipinski definition) is 0. The van der Waals surface area contributed by atoms with Gasteiger partial charge in [0.25, 0.3) is 0 Å². The summed E-state index contributed by atoms with van der Waals surface area (Å²) < 4.78 is 14.7. The van der Waals surface area contributed by atoms with Gasteiger partial charge in [0, 0.05) is 55.0 Å². The normalized spacial score (nSPS) is 14.7. The summed E-state index contributed by atoms with van der Waals surface area (Å²) in [7, 11) is 0. The Morgan fingerprint density at radius 1 is 0.274 bits per heavy atom. The number of para-hydroxylation sites is 2. The second kappa shape index (κ2) is 31.6. The summed E-state index contributed by atoms with van der Waals surface area (Å²) in [5.74, 6) is 0. The zero-order valence-electron chi connectivity index (χ0n) is 70.3. The number of fused-ring (bicyclic) bond motifs is 22. The Morgan fingerprint density at radius 2 is 0.675 bits per heavy atom. The van der Waals surface area contributed by atoms with Crippen molar-refractivity contribution < 1.29 is 8.83 Å². The summed E-state index contributed by atoms with van der Waals surface area (Å²) in [4.78, 5) is 2.67. The molecule has 588 valence electrons. The fraction of sp³-hybridized carbons (Fsp3) is 0.316. The Labute approximate surface area is 695 Å². The van der Waals surface area contributed by atoms with Gasteiger partial charge in [0.15, 0.2) is 0 Å². The van der Waals surface area contributed by atoms with Crippen LogP contribution in [0.2, 0.25) is 0 Å². The van der Waals surface area contributed by atoms with Crippen LogP contribution in [0.25, 0.3) is 88.4 Å². The van der Waals surface area contributed by atoms with Gasteiger partial charge in [-0.15, -0.1) is 0 Å². The largest absolute Gasteiger partial charge is 0.456 e. The number of rotatable bonds is 31. The topological polar surface area (TPSA) is 29.5 Å². The van der Waals surface area contributed by atoms with Crippen LogP contribution in [0.4, 0.5) is 17.1 Å². The lowest BCUT2D eigenvalue weighted by atomic mass is 9.62. The molecule has 0 fully saturated rings. The molecule has 2 heterocycles. The van der Waals surface area contributed by atoms with E-state index in [0.717, 1.165) is 70.2 Å². The van der Waals surface area contributed by atoms with Gasteiger partial charge in [-0.25, -0.2) is 0 Å². The molecule has 0 aliphatic heterocycles. The summed E-state index contributed by atoms with van der Waals surface area (Å²) in [6.45, 7) is 16.6. The fourth-order valence-corrected chi connectivity index (χ4v) is 23.0. The van der Waals surface area contributed by atoms with Crippen molar-refractivity contribution in [1.82, 2.24) is 0 Å². The van der Waals surface area contributed by atoms with Gasteiger partial charge in [0.1, 0.15) is 22.3 Å². The molecule has 19 rings (SSSR count). The van der Waals surface area contributed by atoms with Crippen molar-refractivity contribution in [3.05, 3.63) is 351 Å². The van der Waals surface area contributed by atoms with Gasteiger partial charge >= 0.3 is 0 Å². The number of furan rings is 2. The van der Waals surface area contributed by atoms with Gasteiger partial charge in [0.05, 0.1) is 10.8 Å². The first-order valence-corrected chi connectivity index (χ1v) is 45.2. The maximum absolute atomic E-state index is 7.75. The molecule has 13 aromatic carbocycles. The van der Waals surface area contributed by atoms with Gasteiger partial charge in [-0.3, -0.25) is 0 Å². The first-order chi connectivity index (χ1) is 57.5. The van der Waals surface area contributed by atoms with E-state index in [-0.39, 0.29) is 16.2 Å². The van der Waals surface area contributed by atoms with Gasteiger partial charge in [-0.1, -0.05) is 389 Å². The number of hydrogen-bond acceptors (Lipinski definition) is 3. The third-order valence-corrected chi connectivity index (χ3v) is 28.3. The van der Waals surface area contributed by atoms with Crippen LogP contribution in [-0.4, -0.2) is 0 Å². The molecule has 3 heteroatoms. The fourth-order valence-electron chi connectivity index (χ4n) is 23.0. The molecule has 3 nitrogen and oxygen atoms in total. The minimum Gasteiger partial charge on any atom is -0.456 e. The van der Waals surface area contributed by atoms with Crippen molar-refractivity contribution in [3.8, 4) is 44.5 Å². The molecule has 0 atom stereocenters. The van der Waals surface area contributed by atoms with E-state index < -0.39 is 10.8 Å². The van der Waals surface area contributed by atoms with Crippen LogP contribution in [0, 0.1) is 0 Å². The molecule has 0 saturated carbocycles. The highest BCUT2D eigenvalue weighted by Gasteiger charge is 2.56. The highest BCUT2D eigenvalue weighted by Crippen LogP contribution is 2.69. The van der Waals surface area contributed by atoms with E-state index in [9.17, 15) is 0 Å². The summed E-state index contributed by atoms with van der Waals surface area (Å²) in [5.41, 5.74) is 33.7. The predicted octanol–water partition coefficient (Wildman–Crippen LogP) is 33.0. The van der Waals surface area contributed by atoms with Gasteiger partial charge in [-0.05, 0) is 209 Å². The van der Waals surface area contributed by atoms with Crippen LogP contribution in [0.15, 0.2) is 288 Å². The molecule has 0 unspecified atom stereocenters. The highest BCUT2D eigenvalue weighted by molar-refractivity contribution is 6.21. The molecule has 117 heavy (non-hydrogen) atoms. The van der Waals surface area contributed by atoms with Gasteiger partial charge in [-0.2, -0.15) is 0 Å². The lowest BCUT2D eigenvalue weighted by molar-refractivity contribution is 0.369. The van der Waals surface area contributed by atoms with E-state index in [0.29, 0.717) is 0 Å². The summed E-state index contributed by atoms with van der Waals surface area (Å²) in [5, 5.41) is 4.86. The molecule has 0 amide bonds. The average Bonchev–Trinajstić information content (AvgIpc) is 1.49. The molecule has 15 aromatic rings. The smallest absolute Gasteiger partial charge is 0.144 e. The van der Waals surface area contributed by atoms with Crippen molar-refractivity contribution in [1.29, 1.82) is 0 Å². The van der Waals surface area contributed by atoms with E-state index >= 15 is 0 Å². The van der Waals surface area contributed by atoms with Crippen molar-refractivity contribution in [2.24, 2.45) is 0 Å². The number of anilines is 3. The molecular formula is C114H115NO2. The van der Waals surface area contributed by atoms with Gasteiger partial charge in [0.2, 0.25) is 0 Å². The Morgan fingerprint density at radius 3 is 1.21 bits per heavy atom. The Balaban J connectivity index is 0.889. The lowest BCUT2D eigenvalue weighted by Crippen LogP contribution is -2.33. The van der Waals surface area contributed by atoms with E-state index in [4.69, 9.17) is 8.83 Å². The lowest BCUT2D eigenvalue weighted by Gasteiger charge is -2.40. The molecule has 4 aliphatic rings. The van der Waals surface area contributed by atoms with Crippen LogP contribution < -0.4 is 4.90 Å². The van der Waals surface area contributed by atoms with E-state index in [2.05, 4.69) is 332 Å². The summed E-state index contributed by atoms with van der Waals surface area (Å²) in [6.07, 6.45) is 29.3. The standard InChI is InChI=1S/C114H115NO2/c1-8-12-16-20-42-70-111(71-43-21-17-13-9-2)93-57-39-36-54-87(93)104-105-90-56-38-41-59-100(90)117-109(105)106-88-67-65-84(74-95(88)112(108(106)107(104)111,72-44-22-18-14-10-3)73-45-23-19-15-11-4)115(83-62-60-78(61-63-83)110(5,6)7)85-64-66-86-91-76-98-92(77-97(91)114(96(86)75-85,81-50-32-26-33-51-81)82-52-34-27-35-53-82)102-94(68-69-101-103(102)89-55-37-40-58-99(89)116-101)113(98,79-46-28-24-29-47-79)80-48-30-25-31-49-80/h24-41,46-69,74-77H,8-23,42-45,70-73H2,1-7H3. The third kappa shape index (κ3) is 12.4. The SMILES string of the molecule is CCCCCCCC1(CCCCCCC)c2cc(N(c3ccc(C(C)(C)C)cc3)c3ccc4c(c3)C(c3ccccc3)(c3ccccc3)c3cc5c(cc3-4)C(c3ccccc3)(c3ccccc3)c3ccc4oc6ccccc6c4c3-5)ccc2-c2c1c1c(c3c2oc2ccccc23)-c2ccccc2C1(CCCCCCC)CCCCCCC. The van der Waals surface area contributed by atoms with Crippen molar-refractivity contribution in [2.75, 3.05) is 4.90 Å².